The van der Waals surface area contributed by atoms with E-state index in [2.05, 4.69) is 55.4 Å². The highest BCUT2D eigenvalue weighted by Crippen LogP contribution is 2.75. The first-order valence-corrected chi connectivity index (χ1v) is 23.4. The number of carbonyl (C=O) groups is 2. The second-order valence-corrected chi connectivity index (χ2v) is 23.2. The molecule has 4 saturated carbocycles. The van der Waals surface area contributed by atoms with Gasteiger partial charge in [-0.2, -0.15) is 0 Å². The van der Waals surface area contributed by atoms with Crippen molar-refractivity contribution in [3.63, 3.8) is 0 Å². The van der Waals surface area contributed by atoms with E-state index in [-0.39, 0.29) is 39.3 Å². The van der Waals surface area contributed by atoms with Crippen molar-refractivity contribution in [3.8, 4) is 0 Å². The average Bonchev–Trinajstić information content (AvgIpc) is 3.20. The molecule has 3 saturated heterocycles. The molecule has 22 atom stereocenters. The lowest BCUT2D eigenvalue weighted by Gasteiger charge is -2.70. The number of carbonyl (C=O) groups excluding carboxylic acids is 1. The largest absolute Gasteiger partial charge is 0.479 e. The molecule has 8 aliphatic rings. The van der Waals surface area contributed by atoms with Crippen LogP contribution in [0.25, 0.3) is 0 Å². The number of carboxylic acids is 1. The lowest BCUT2D eigenvalue weighted by atomic mass is 9.33. The molecule has 3 heterocycles. The molecule has 8 rings (SSSR count). The first kappa shape index (κ1) is 48.8. The maximum Gasteiger partial charge on any atom is 0.335 e. The number of carboxylic acid groups (broad SMARTS) is 1. The fourth-order valence-electron chi connectivity index (χ4n) is 14.6. The second-order valence-electron chi connectivity index (χ2n) is 23.2. The molecule has 364 valence electrons. The number of hydrogen-bond donors (Lipinski definition) is 9. The number of ether oxygens (including phenoxy) is 6. The number of ketones is 1. The van der Waals surface area contributed by atoms with Gasteiger partial charge in [0, 0.05) is 17.8 Å². The van der Waals surface area contributed by atoms with Gasteiger partial charge in [-0.05, 0) is 91.3 Å². The topological polar surface area (TPSA) is 272 Å². The van der Waals surface area contributed by atoms with E-state index in [0.717, 1.165) is 38.5 Å². The summed E-state index contributed by atoms with van der Waals surface area (Å²) in [5, 5.41) is 97.3. The standard InChI is InChI=1S/C47H74O17/c1-20-28(51)30(53)33(56)39(60-20)63-35-29(52)24(49)19-59-40(35)64-36-32(55)31(54)34(38(57)58)62-41(36)61-27-11-12-45(7)25(43(27,4)5)10-13-47(9)37(45)23(48)16-21-22-17-42(2,3)18-26(50)44(22,6)14-15-46(21,47)8/h20,24-37,39-41,49-56H,10-19H2,1-9H3,(H,57,58)/t20-,24+,25-,26+,27+,28-,29+,30+,31-,32-,33-,34-,35-,36+,37-,39+,40-,41+,44-,45+,46-,47-/m1/s1. The van der Waals surface area contributed by atoms with Crippen LogP contribution < -0.4 is 0 Å². The third kappa shape index (κ3) is 7.40. The Morgan fingerprint density at radius 1 is 0.688 bits per heavy atom. The van der Waals surface area contributed by atoms with E-state index in [1.807, 2.05) is 0 Å². The highest BCUT2D eigenvalue weighted by Gasteiger charge is 2.71. The van der Waals surface area contributed by atoms with Gasteiger partial charge in [-0.15, -0.1) is 0 Å². The minimum absolute atomic E-state index is 0.0362. The molecule has 0 aromatic carbocycles. The van der Waals surface area contributed by atoms with Crippen molar-refractivity contribution in [1.82, 2.24) is 0 Å². The van der Waals surface area contributed by atoms with Gasteiger partial charge in [-0.3, -0.25) is 4.79 Å². The molecule has 64 heavy (non-hydrogen) atoms. The lowest BCUT2D eigenvalue weighted by Crippen LogP contribution is -2.68. The summed E-state index contributed by atoms with van der Waals surface area (Å²) >= 11 is 0. The van der Waals surface area contributed by atoms with Gasteiger partial charge < -0.3 is 74.4 Å². The molecule has 9 N–H and O–H groups in total. The van der Waals surface area contributed by atoms with Crippen molar-refractivity contribution in [2.75, 3.05) is 6.61 Å². The van der Waals surface area contributed by atoms with E-state index in [4.69, 9.17) is 28.4 Å². The molecule has 0 radical (unpaired) electrons. The first-order valence-electron chi connectivity index (χ1n) is 23.4. The van der Waals surface area contributed by atoms with Crippen molar-refractivity contribution < 1.29 is 84.0 Å². The summed E-state index contributed by atoms with van der Waals surface area (Å²) < 4.78 is 36.1. The van der Waals surface area contributed by atoms with E-state index in [1.165, 1.54) is 18.1 Å². The Hall–Kier alpha value is -1.68. The fourth-order valence-corrected chi connectivity index (χ4v) is 14.6. The summed E-state index contributed by atoms with van der Waals surface area (Å²) in [6.07, 6.45) is -18.1. The summed E-state index contributed by atoms with van der Waals surface area (Å²) in [5.41, 5.74) is 0.426. The number of Topliss-reactive ketones (excluding diaryl/α,β-unsaturated/α-hetero) is 1. The van der Waals surface area contributed by atoms with Crippen LogP contribution in [0.1, 0.15) is 120 Å². The van der Waals surface area contributed by atoms with Crippen LogP contribution in [-0.4, -0.2) is 163 Å². The van der Waals surface area contributed by atoms with Crippen LogP contribution in [0.15, 0.2) is 11.1 Å². The Bertz CT molecular complexity index is 1840. The van der Waals surface area contributed by atoms with Crippen LogP contribution >= 0.6 is 0 Å². The fraction of sp³-hybridized carbons (Fsp3) is 0.915. The molecule has 0 aromatic heterocycles. The van der Waals surface area contributed by atoms with Crippen LogP contribution in [0.2, 0.25) is 0 Å². The molecule has 0 unspecified atom stereocenters. The maximum absolute atomic E-state index is 15.0. The zero-order chi connectivity index (χ0) is 47.0. The Kier molecular flexibility index (Phi) is 12.6. The Labute approximate surface area is 375 Å². The number of rotatable bonds is 7. The van der Waals surface area contributed by atoms with Gasteiger partial charge in [0.1, 0.15) is 60.7 Å². The predicted molar refractivity (Wildman–Crippen MR) is 224 cm³/mol. The number of fused-ring (bicyclic) bond motifs is 6. The van der Waals surface area contributed by atoms with Gasteiger partial charge >= 0.3 is 5.97 Å². The van der Waals surface area contributed by atoms with E-state index < -0.39 is 122 Å². The molecule has 0 bridgehead atoms. The van der Waals surface area contributed by atoms with Gasteiger partial charge in [0.25, 0.3) is 0 Å². The van der Waals surface area contributed by atoms with Gasteiger partial charge in [-0.25, -0.2) is 4.79 Å². The molecule has 0 aromatic rings. The van der Waals surface area contributed by atoms with Crippen molar-refractivity contribution in [1.29, 1.82) is 0 Å². The van der Waals surface area contributed by atoms with Gasteiger partial charge in [0.05, 0.1) is 24.9 Å². The maximum atomic E-state index is 15.0. The predicted octanol–water partition coefficient (Wildman–Crippen LogP) is 1.69. The average molecular weight is 911 g/mol. The lowest BCUT2D eigenvalue weighted by molar-refractivity contribution is -0.386. The monoisotopic (exact) mass is 910 g/mol. The zero-order valence-corrected chi connectivity index (χ0v) is 38.8. The third-order valence-corrected chi connectivity index (χ3v) is 18.6. The van der Waals surface area contributed by atoms with Crippen LogP contribution in [0.5, 0.6) is 0 Å². The van der Waals surface area contributed by atoms with E-state index in [1.54, 1.807) is 0 Å². The van der Waals surface area contributed by atoms with E-state index in [0.29, 0.717) is 19.3 Å². The molecular formula is C47H74O17. The van der Waals surface area contributed by atoms with Crippen molar-refractivity contribution >= 4 is 11.8 Å². The number of hydrogen-bond acceptors (Lipinski definition) is 16. The summed E-state index contributed by atoms with van der Waals surface area (Å²) in [6.45, 7) is 18.7. The molecule has 17 heteroatoms. The minimum Gasteiger partial charge on any atom is -0.479 e. The first-order chi connectivity index (χ1) is 29.6. The normalized spacial score (nSPS) is 53.7. The number of allylic oxidation sites excluding steroid dienone is 1. The number of aliphatic hydroxyl groups excluding tert-OH is 8. The third-order valence-electron chi connectivity index (χ3n) is 18.6. The zero-order valence-electron chi connectivity index (χ0n) is 38.8. The smallest absolute Gasteiger partial charge is 0.335 e. The van der Waals surface area contributed by atoms with Gasteiger partial charge in [0.15, 0.2) is 25.0 Å². The van der Waals surface area contributed by atoms with E-state index in [9.17, 15) is 50.8 Å². The van der Waals surface area contributed by atoms with Crippen LogP contribution in [0.4, 0.5) is 0 Å². The number of aliphatic hydroxyl groups is 8. The summed E-state index contributed by atoms with van der Waals surface area (Å²) in [6, 6.07) is 0. The molecular weight excluding hydrogens is 837 g/mol. The Balaban J connectivity index is 1.06. The van der Waals surface area contributed by atoms with Crippen LogP contribution in [0, 0.1) is 44.3 Å². The highest BCUT2D eigenvalue weighted by atomic mass is 16.8. The molecule has 17 nitrogen and oxygen atoms in total. The second kappa shape index (κ2) is 16.5. The molecule has 5 aliphatic carbocycles. The van der Waals surface area contributed by atoms with Crippen LogP contribution in [-0.2, 0) is 38.0 Å². The summed E-state index contributed by atoms with van der Waals surface area (Å²) in [4.78, 5) is 27.4. The Morgan fingerprint density at radius 3 is 2.02 bits per heavy atom. The SMILES string of the molecule is C[C@H]1O[C@@H](O[C@H]2[C@@H](O[C@@H]3[C@@H](O[C@H]4CC[C@@]5(C)[C@H](CC[C@]6(C)[C@@H]5C(=O)CC5=C7CC(C)(C)C[C@H](O)[C@]7(C)CC[C@]56C)C4(C)C)O[C@@H](C(=O)O)[C@H](O)[C@H]3O)OC[C@H](O)[C@@H]2O)[C@H](O)[C@@H](O)[C@@H]1O. The van der Waals surface area contributed by atoms with Crippen LogP contribution in [0.3, 0.4) is 0 Å². The quantitative estimate of drug-likeness (QED) is 0.130. The number of aliphatic carboxylic acids is 1. The van der Waals surface area contributed by atoms with Crippen molar-refractivity contribution in [2.24, 2.45) is 44.3 Å². The molecule has 7 fully saturated rings. The summed E-state index contributed by atoms with van der Waals surface area (Å²) in [7, 11) is 0. The van der Waals surface area contributed by atoms with Crippen molar-refractivity contribution in [2.45, 2.75) is 218 Å². The molecule has 3 aliphatic heterocycles. The van der Waals surface area contributed by atoms with E-state index >= 15 is 4.79 Å². The molecule has 0 amide bonds. The van der Waals surface area contributed by atoms with Gasteiger partial charge in [0.2, 0.25) is 0 Å². The Morgan fingerprint density at radius 2 is 1.34 bits per heavy atom. The van der Waals surface area contributed by atoms with Gasteiger partial charge in [-0.1, -0.05) is 66.5 Å². The minimum atomic E-state index is -2.00. The highest BCUT2D eigenvalue weighted by molar-refractivity contribution is 5.88. The van der Waals surface area contributed by atoms with Crippen molar-refractivity contribution in [3.05, 3.63) is 11.1 Å². The summed E-state index contributed by atoms with van der Waals surface area (Å²) in [5.74, 6) is -1.61. The molecule has 0 spiro atoms.